The normalized spacial score (nSPS) is 10.1. The van der Waals surface area contributed by atoms with Gasteiger partial charge in [0.2, 0.25) is 0 Å². The Kier molecular flexibility index (Phi) is 6.08. The lowest BCUT2D eigenvalue weighted by molar-refractivity contribution is -0.148. The number of aryl methyl sites for hydroxylation is 1. The summed E-state index contributed by atoms with van der Waals surface area (Å²) in [5.74, 6) is 1.83. The van der Waals surface area contributed by atoms with Gasteiger partial charge >= 0.3 is 5.97 Å². The number of rotatable bonds is 7. The van der Waals surface area contributed by atoms with Crippen LogP contribution in [0.2, 0.25) is 0 Å². The molecule has 2 rings (SSSR count). The van der Waals surface area contributed by atoms with E-state index in [0.29, 0.717) is 29.6 Å². The predicted octanol–water partition coefficient (Wildman–Crippen LogP) is 0.538. The van der Waals surface area contributed by atoms with Gasteiger partial charge < -0.3 is 15.0 Å². The van der Waals surface area contributed by atoms with Crippen LogP contribution in [0.3, 0.4) is 0 Å². The summed E-state index contributed by atoms with van der Waals surface area (Å²) in [6, 6.07) is 7.04. The van der Waals surface area contributed by atoms with Gasteiger partial charge in [-0.3, -0.25) is 14.4 Å². The highest BCUT2D eigenvalue weighted by Crippen LogP contribution is 2.07. The number of hydrogen-bond donors (Lipinski definition) is 2. The number of para-hydroxylation sites is 1. The number of amides is 1. The molecule has 1 aromatic carbocycles. The highest BCUT2D eigenvalue weighted by Gasteiger charge is 2.08. The Hall–Kier alpha value is -3.14. The van der Waals surface area contributed by atoms with Crippen LogP contribution in [0.5, 0.6) is 0 Å². The number of carbonyl (C=O) groups excluding carboxylic acids is 2. The summed E-state index contributed by atoms with van der Waals surface area (Å²) in [5, 5.41) is 2.92. The van der Waals surface area contributed by atoms with Crippen LogP contribution in [0.4, 0.5) is 0 Å². The SMILES string of the molecule is C#CCNC(=O)COC(=O)CCCc1nc2ccccc2c(=O)[nH]1. The largest absolute Gasteiger partial charge is 0.456 e. The number of benzene rings is 1. The minimum absolute atomic E-state index is 0.0946. The van der Waals surface area contributed by atoms with Crippen LogP contribution in [-0.4, -0.2) is 35.0 Å². The summed E-state index contributed by atoms with van der Waals surface area (Å²) >= 11 is 0. The Balaban J connectivity index is 1.80. The van der Waals surface area contributed by atoms with Crippen molar-refractivity contribution in [2.24, 2.45) is 0 Å². The second-order valence-corrected chi connectivity index (χ2v) is 5.02. The molecule has 7 heteroatoms. The summed E-state index contributed by atoms with van der Waals surface area (Å²) in [7, 11) is 0. The fourth-order valence-electron chi connectivity index (χ4n) is 2.07. The molecule has 7 nitrogen and oxygen atoms in total. The molecule has 2 N–H and O–H groups in total. The van der Waals surface area contributed by atoms with Gasteiger partial charge in [0.15, 0.2) is 6.61 Å². The van der Waals surface area contributed by atoms with Gasteiger partial charge in [-0.15, -0.1) is 6.42 Å². The van der Waals surface area contributed by atoms with Crippen molar-refractivity contribution in [2.75, 3.05) is 13.2 Å². The van der Waals surface area contributed by atoms with Crippen LogP contribution in [0, 0.1) is 12.3 Å². The Bertz CT molecular complexity index is 836. The number of terminal acetylenes is 1. The first kappa shape index (κ1) is 17.2. The second-order valence-electron chi connectivity index (χ2n) is 5.02. The van der Waals surface area contributed by atoms with Crippen LogP contribution >= 0.6 is 0 Å². The van der Waals surface area contributed by atoms with E-state index < -0.39 is 11.9 Å². The van der Waals surface area contributed by atoms with Crippen molar-refractivity contribution < 1.29 is 14.3 Å². The van der Waals surface area contributed by atoms with Gasteiger partial charge in [-0.25, -0.2) is 4.98 Å². The zero-order valence-corrected chi connectivity index (χ0v) is 13.0. The van der Waals surface area contributed by atoms with Gasteiger partial charge in [0.1, 0.15) is 5.82 Å². The van der Waals surface area contributed by atoms with Crippen LogP contribution in [0.15, 0.2) is 29.1 Å². The second kappa shape index (κ2) is 8.48. The van der Waals surface area contributed by atoms with Crippen molar-refractivity contribution in [1.29, 1.82) is 0 Å². The van der Waals surface area contributed by atoms with E-state index in [2.05, 4.69) is 21.2 Å². The van der Waals surface area contributed by atoms with Gasteiger partial charge in [-0.05, 0) is 18.6 Å². The highest BCUT2D eigenvalue weighted by atomic mass is 16.5. The molecule has 2 aromatic rings. The van der Waals surface area contributed by atoms with Crippen molar-refractivity contribution in [3.8, 4) is 12.3 Å². The Morgan fingerprint density at radius 1 is 1.33 bits per heavy atom. The number of nitrogens with one attached hydrogen (secondary N) is 2. The summed E-state index contributed by atoms with van der Waals surface area (Å²) in [4.78, 5) is 41.7. The first-order chi connectivity index (χ1) is 11.6. The van der Waals surface area contributed by atoms with E-state index in [1.807, 2.05) is 0 Å². The number of H-pyrrole nitrogens is 1. The third-order valence-corrected chi connectivity index (χ3v) is 3.21. The molecule has 0 radical (unpaired) electrons. The number of carbonyl (C=O) groups is 2. The smallest absolute Gasteiger partial charge is 0.306 e. The molecule has 1 heterocycles. The first-order valence-electron chi connectivity index (χ1n) is 7.44. The number of esters is 1. The molecule has 0 bridgehead atoms. The van der Waals surface area contributed by atoms with E-state index in [4.69, 9.17) is 11.2 Å². The third-order valence-electron chi connectivity index (χ3n) is 3.21. The minimum Gasteiger partial charge on any atom is -0.456 e. The number of nitrogens with zero attached hydrogens (tertiary/aromatic N) is 1. The highest BCUT2D eigenvalue weighted by molar-refractivity contribution is 5.80. The molecule has 0 fully saturated rings. The van der Waals surface area contributed by atoms with Crippen molar-refractivity contribution in [3.05, 3.63) is 40.4 Å². The van der Waals surface area contributed by atoms with Crippen LogP contribution in [-0.2, 0) is 20.7 Å². The summed E-state index contributed by atoms with van der Waals surface area (Å²) in [5.41, 5.74) is 0.410. The fourth-order valence-corrected chi connectivity index (χ4v) is 2.07. The molecule has 0 saturated carbocycles. The molecule has 0 unspecified atom stereocenters. The van der Waals surface area contributed by atoms with Gasteiger partial charge in [0.05, 0.1) is 17.4 Å². The summed E-state index contributed by atoms with van der Waals surface area (Å²) in [6.07, 6.45) is 6.00. The Labute approximate surface area is 138 Å². The number of aromatic amines is 1. The van der Waals surface area contributed by atoms with E-state index in [-0.39, 0.29) is 25.1 Å². The van der Waals surface area contributed by atoms with E-state index in [0.717, 1.165) is 0 Å². The Morgan fingerprint density at radius 3 is 2.92 bits per heavy atom. The van der Waals surface area contributed by atoms with E-state index in [9.17, 15) is 14.4 Å². The standard InChI is InChI=1S/C17H17N3O4/c1-2-10-18-15(21)11-24-16(22)9-5-8-14-19-13-7-4-3-6-12(13)17(23)20-14/h1,3-4,6-7H,5,8-11H2,(H,18,21)(H,19,20,23). The quantitative estimate of drug-likeness (QED) is 0.571. The van der Waals surface area contributed by atoms with Gasteiger partial charge in [0.25, 0.3) is 11.5 Å². The molecule has 0 atom stereocenters. The van der Waals surface area contributed by atoms with Crippen LogP contribution in [0.25, 0.3) is 10.9 Å². The zero-order chi connectivity index (χ0) is 17.4. The molecule has 1 amide bonds. The predicted molar refractivity (Wildman–Crippen MR) is 88.1 cm³/mol. The molecule has 24 heavy (non-hydrogen) atoms. The average molecular weight is 327 g/mol. The first-order valence-corrected chi connectivity index (χ1v) is 7.44. The maximum Gasteiger partial charge on any atom is 0.306 e. The summed E-state index contributed by atoms with van der Waals surface area (Å²) in [6.45, 7) is -0.261. The molecule has 0 spiro atoms. The van der Waals surface area contributed by atoms with Gasteiger partial charge in [-0.2, -0.15) is 0 Å². The number of aromatic nitrogens is 2. The minimum atomic E-state index is -0.492. The number of fused-ring (bicyclic) bond motifs is 1. The molecule has 0 aliphatic heterocycles. The molecule has 1 aromatic heterocycles. The Morgan fingerprint density at radius 2 is 2.12 bits per heavy atom. The van der Waals surface area contributed by atoms with Crippen molar-refractivity contribution in [3.63, 3.8) is 0 Å². The lowest BCUT2D eigenvalue weighted by Gasteiger charge is -2.05. The number of ether oxygens (including phenoxy) is 1. The number of hydrogen-bond acceptors (Lipinski definition) is 5. The van der Waals surface area contributed by atoms with Crippen molar-refractivity contribution >= 4 is 22.8 Å². The van der Waals surface area contributed by atoms with Crippen LogP contribution in [0.1, 0.15) is 18.7 Å². The van der Waals surface area contributed by atoms with E-state index >= 15 is 0 Å². The van der Waals surface area contributed by atoms with Crippen molar-refractivity contribution in [2.45, 2.75) is 19.3 Å². The molecule has 124 valence electrons. The third kappa shape index (κ3) is 4.95. The van der Waals surface area contributed by atoms with Gasteiger partial charge in [-0.1, -0.05) is 18.1 Å². The maximum absolute atomic E-state index is 11.9. The molecular weight excluding hydrogens is 310 g/mol. The lowest BCUT2D eigenvalue weighted by atomic mass is 10.2. The topological polar surface area (TPSA) is 101 Å². The van der Waals surface area contributed by atoms with E-state index in [1.54, 1.807) is 24.3 Å². The zero-order valence-electron chi connectivity index (χ0n) is 13.0. The van der Waals surface area contributed by atoms with Gasteiger partial charge in [0, 0.05) is 12.8 Å². The molecule has 0 aliphatic carbocycles. The van der Waals surface area contributed by atoms with E-state index in [1.165, 1.54) is 0 Å². The molecule has 0 saturated heterocycles. The lowest BCUT2D eigenvalue weighted by Crippen LogP contribution is -2.28. The summed E-state index contributed by atoms with van der Waals surface area (Å²) < 4.78 is 4.82. The molecule has 0 aliphatic rings. The fraction of sp³-hybridized carbons (Fsp3) is 0.294. The molecular formula is C17H17N3O4. The average Bonchev–Trinajstić information content (AvgIpc) is 2.58. The van der Waals surface area contributed by atoms with Crippen molar-refractivity contribution in [1.82, 2.24) is 15.3 Å². The monoisotopic (exact) mass is 327 g/mol. The van der Waals surface area contributed by atoms with Crippen LogP contribution < -0.4 is 10.9 Å². The maximum atomic E-state index is 11.9.